The number of nitrogens with zero attached hydrogens (tertiary/aromatic N) is 3. The molecule has 3 aliphatic heterocycles. The number of piperidine rings is 1. The van der Waals surface area contributed by atoms with Crippen LogP contribution in [0.1, 0.15) is 40.9 Å². The van der Waals surface area contributed by atoms with Crippen molar-refractivity contribution < 1.29 is 18.7 Å². The molecular formula is C22H25N3O5. The van der Waals surface area contributed by atoms with Crippen molar-refractivity contribution >= 4 is 11.8 Å². The Labute approximate surface area is 174 Å². The Kier molecular flexibility index (Phi) is 4.94. The van der Waals surface area contributed by atoms with Gasteiger partial charge in [-0.15, -0.1) is 0 Å². The van der Waals surface area contributed by atoms with Crippen molar-refractivity contribution in [2.75, 3.05) is 39.4 Å². The number of hydrogen-bond donors (Lipinski definition) is 0. The second-order valence-electron chi connectivity index (χ2n) is 8.31. The maximum Gasteiger partial charge on any atom is 0.257 e. The number of furan rings is 1. The number of amides is 2. The van der Waals surface area contributed by atoms with Crippen LogP contribution in [0, 0.1) is 5.92 Å². The summed E-state index contributed by atoms with van der Waals surface area (Å²) in [6, 6.07) is 6.24. The molecule has 2 amide bonds. The van der Waals surface area contributed by atoms with E-state index in [4.69, 9.17) is 9.15 Å². The Hall–Kier alpha value is -2.87. The number of pyridine rings is 1. The molecule has 3 atom stereocenters. The fraction of sp³-hybridized carbons (Fsp3) is 0.500. The Balaban J connectivity index is 1.51. The van der Waals surface area contributed by atoms with E-state index < -0.39 is 6.04 Å². The Morgan fingerprint density at radius 1 is 1.03 bits per heavy atom. The molecule has 2 aromatic rings. The minimum absolute atomic E-state index is 0.0324. The molecule has 0 aromatic carbocycles. The fourth-order valence-corrected chi connectivity index (χ4v) is 5.14. The van der Waals surface area contributed by atoms with Crippen LogP contribution in [0.5, 0.6) is 0 Å². The van der Waals surface area contributed by atoms with Crippen molar-refractivity contribution in [1.29, 1.82) is 0 Å². The van der Waals surface area contributed by atoms with Crippen LogP contribution >= 0.6 is 0 Å². The number of hydrogen-bond acceptors (Lipinski definition) is 5. The third kappa shape index (κ3) is 3.25. The van der Waals surface area contributed by atoms with Gasteiger partial charge in [-0.3, -0.25) is 19.0 Å². The summed E-state index contributed by atoms with van der Waals surface area (Å²) in [5, 5.41) is 0. The van der Waals surface area contributed by atoms with Crippen LogP contribution in [0.4, 0.5) is 0 Å². The van der Waals surface area contributed by atoms with Gasteiger partial charge in [-0.2, -0.15) is 0 Å². The van der Waals surface area contributed by atoms with Gasteiger partial charge in [0.25, 0.3) is 11.5 Å². The topological polar surface area (TPSA) is 85.0 Å². The fourth-order valence-electron chi connectivity index (χ4n) is 5.14. The molecule has 2 bridgehead atoms. The van der Waals surface area contributed by atoms with Gasteiger partial charge in [-0.1, -0.05) is 6.07 Å². The molecule has 0 saturated carbocycles. The molecule has 0 unspecified atom stereocenters. The second kappa shape index (κ2) is 7.75. The first-order chi connectivity index (χ1) is 14.6. The van der Waals surface area contributed by atoms with Crippen molar-refractivity contribution in [3.8, 4) is 0 Å². The molecule has 5 rings (SSSR count). The number of aromatic nitrogens is 1. The summed E-state index contributed by atoms with van der Waals surface area (Å²) in [6.07, 6.45) is 4.51. The lowest BCUT2D eigenvalue weighted by atomic mass is 9.77. The normalized spacial score (nSPS) is 26.1. The summed E-state index contributed by atoms with van der Waals surface area (Å²) in [7, 11) is 0. The van der Waals surface area contributed by atoms with Crippen molar-refractivity contribution in [3.63, 3.8) is 0 Å². The van der Waals surface area contributed by atoms with Gasteiger partial charge in [-0.05, 0) is 25.0 Å². The number of carbonyl (C=O) groups excluding carboxylic acids is 2. The molecule has 0 N–H and O–H groups in total. The summed E-state index contributed by atoms with van der Waals surface area (Å²) < 4.78 is 12.3. The Bertz CT molecular complexity index is 990. The van der Waals surface area contributed by atoms with E-state index in [0.29, 0.717) is 45.0 Å². The van der Waals surface area contributed by atoms with Gasteiger partial charge < -0.3 is 19.0 Å². The lowest BCUT2D eigenvalue weighted by molar-refractivity contribution is -0.138. The van der Waals surface area contributed by atoms with Gasteiger partial charge in [0.05, 0.1) is 18.4 Å². The van der Waals surface area contributed by atoms with Gasteiger partial charge in [0.2, 0.25) is 5.91 Å². The van der Waals surface area contributed by atoms with E-state index in [9.17, 15) is 14.4 Å². The van der Waals surface area contributed by atoms with E-state index in [1.165, 1.54) is 18.6 Å². The SMILES string of the molecule is O=C(c1ccoc1)N1C[C@H]2C[C@@H](C1)[C@H](C(=O)N1CCCOCC1)n1c2cccc1=O. The third-order valence-corrected chi connectivity index (χ3v) is 6.49. The largest absolute Gasteiger partial charge is 0.472 e. The zero-order chi connectivity index (χ0) is 20.7. The number of fused-ring (bicyclic) bond motifs is 4. The van der Waals surface area contributed by atoms with E-state index in [0.717, 1.165) is 18.5 Å². The predicted octanol–water partition coefficient (Wildman–Crippen LogP) is 1.49. The highest BCUT2D eigenvalue weighted by atomic mass is 16.5. The molecule has 0 spiro atoms. The quantitative estimate of drug-likeness (QED) is 0.748. The standard InChI is InChI=1S/C22H25N3O5/c26-19-4-1-3-18-16-11-17(13-24(12-16)21(27)15-5-9-30-14-15)20(25(18)19)22(28)23-6-2-8-29-10-7-23/h1,3-5,9,14,16-17,20H,2,6-8,10-13H2/t16-,17+,20-/m1/s1. The van der Waals surface area contributed by atoms with Crippen LogP contribution in [-0.4, -0.2) is 65.6 Å². The van der Waals surface area contributed by atoms with E-state index in [-0.39, 0.29) is 29.2 Å². The molecule has 2 fully saturated rings. The molecule has 8 nitrogen and oxygen atoms in total. The smallest absolute Gasteiger partial charge is 0.257 e. The molecule has 158 valence electrons. The summed E-state index contributed by atoms with van der Waals surface area (Å²) in [5.74, 6) is -0.218. The Morgan fingerprint density at radius 3 is 2.77 bits per heavy atom. The molecular weight excluding hydrogens is 386 g/mol. The van der Waals surface area contributed by atoms with E-state index >= 15 is 0 Å². The average Bonchev–Trinajstić information content (AvgIpc) is 3.16. The first kappa shape index (κ1) is 19.1. The van der Waals surface area contributed by atoms with Gasteiger partial charge in [0.1, 0.15) is 12.3 Å². The molecule has 30 heavy (non-hydrogen) atoms. The van der Waals surface area contributed by atoms with E-state index in [2.05, 4.69) is 0 Å². The van der Waals surface area contributed by atoms with Gasteiger partial charge >= 0.3 is 0 Å². The summed E-state index contributed by atoms with van der Waals surface area (Å²) in [5.41, 5.74) is 1.20. The maximum absolute atomic E-state index is 13.6. The first-order valence-electron chi connectivity index (χ1n) is 10.5. The highest BCUT2D eigenvalue weighted by Gasteiger charge is 2.46. The summed E-state index contributed by atoms with van der Waals surface area (Å²) in [4.78, 5) is 43.1. The average molecular weight is 411 g/mol. The van der Waals surface area contributed by atoms with E-state index in [1.54, 1.807) is 21.6 Å². The molecule has 3 aliphatic rings. The van der Waals surface area contributed by atoms with Crippen LogP contribution < -0.4 is 5.56 Å². The molecule has 0 radical (unpaired) electrons. The number of ether oxygens (including phenoxy) is 1. The van der Waals surface area contributed by atoms with Crippen molar-refractivity contribution in [2.24, 2.45) is 5.92 Å². The molecule has 8 heteroatoms. The van der Waals surface area contributed by atoms with Gasteiger partial charge in [-0.25, -0.2) is 0 Å². The summed E-state index contributed by atoms with van der Waals surface area (Å²) >= 11 is 0. The highest BCUT2D eigenvalue weighted by molar-refractivity contribution is 5.94. The summed E-state index contributed by atoms with van der Waals surface area (Å²) in [6.45, 7) is 3.28. The molecule has 5 heterocycles. The minimum Gasteiger partial charge on any atom is -0.472 e. The second-order valence-corrected chi connectivity index (χ2v) is 8.31. The van der Waals surface area contributed by atoms with Crippen LogP contribution in [0.3, 0.4) is 0 Å². The van der Waals surface area contributed by atoms with Crippen molar-refractivity contribution in [2.45, 2.75) is 24.8 Å². The van der Waals surface area contributed by atoms with Crippen molar-refractivity contribution in [1.82, 2.24) is 14.4 Å². The predicted molar refractivity (Wildman–Crippen MR) is 107 cm³/mol. The highest BCUT2D eigenvalue weighted by Crippen LogP contribution is 2.42. The van der Waals surface area contributed by atoms with Crippen LogP contribution in [0.2, 0.25) is 0 Å². The zero-order valence-electron chi connectivity index (χ0n) is 16.7. The van der Waals surface area contributed by atoms with Crippen molar-refractivity contribution in [3.05, 3.63) is 58.4 Å². The zero-order valence-corrected chi connectivity index (χ0v) is 16.7. The maximum atomic E-state index is 13.6. The lowest BCUT2D eigenvalue weighted by Crippen LogP contribution is -2.55. The Morgan fingerprint density at radius 2 is 1.93 bits per heavy atom. The van der Waals surface area contributed by atoms with Crippen LogP contribution in [-0.2, 0) is 9.53 Å². The first-order valence-corrected chi connectivity index (χ1v) is 10.5. The molecule has 2 saturated heterocycles. The minimum atomic E-state index is -0.594. The van der Waals surface area contributed by atoms with Crippen LogP contribution in [0.25, 0.3) is 0 Å². The molecule has 2 aromatic heterocycles. The van der Waals surface area contributed by atoms with Crippen LogP contribution in [0.15, 0.2) is 46.0 Å². The van der Waals surface area contributed by atoms with Gasteiger partial charge in [0, 0.05) is 56.4 Å². The number of likely N-dealkylation sites (tertiary alicyclic amines) is 1. The monoisotopic (exact) mass is 411 g/mol. The third-order valence-electron chi connectivity index (χ3n) is 6.49. The van der Waals surface area contributed by atoms with Gasteiger partial charge in [0.15, 0.2) is 0 Å². The van der Waals surface area contributed by atoms with E-state index in [1.807, 2.05) is 11.0 Å². The number of carbonyl (C=O) groups is 2. The molecule has 0 aliphatic carbocycles. The number of rotatable bonds is 2. The lowest BCUT2D eigenvalue weighted by Gasteiger charge is -2.47.